The van der Waals surface area contributed by atoms with E-state index < -0.39 is 15.7 Å². The molecule has 0 aliphatic heterocycles. The summed E-state index contributed by atoms with van der Waals surface area (Å²) in [6.07, 6.45) is 0. The Balaban J connectivity index is 2.31. The second-order valence-corrected chi connectivity index (χ2v) is 7.15. The summed E-state index contributed by atoms with van der Waals surface area (Å²) in [6.45, 7) is 0. The lowest BCUT2D eigenvalue weighted by Crippen LogP contribution is -2.04. The molecule has 106 valence electrons. The molecule has 1 aromatic heterocycles. The normalized spacial score (nSPS) is 11.7. The van der Waals surface area contributed by atoms with Gasteiger partial charge in [-0.1, -0.05) is 18.2 Å². The molecule has 0 N–H and O–H groups in total. The maximum absolute atomic E-state index is 13.0. The van der Waals surface area contributed by atoms with E-state index in [4.69, 9.17) is 0 Å². The molecule has 0 bridgehead atoms. The number of pyridine rings is 1. The molecule has 0 saturated heterocycles. The van der Waals surface area contributed by atoms with Gasteiger partial charge in [-0.3, -0.25) is 0 Å². The monoisotopic (exact) mass is 365 g/mol. The summed E-state index contributed by atoms with van der Waals surface area (Å²) in [5, 5.41) is 0.532. The van der Waals surface area contributed by atoms with Gasteiger partial charge in [0, 0.05) is 5.39 Å². The molecule has 0 aliphatic carbocycles. The van der Waals surface area contributed by atoms with E-state index in [2.05, 4.69) is 20.9 Å². The minimum absolute atomic E-state index is 0.0483. The maximum Gasteiger partial charge on any atom is 0.207 e. The summed E-state index contributed by atoms with van der Waals surface area (Å²) in [7, 11) is -3.74. The van der Waals surface area contributed by atoms with Crippen LogP contribution in [0.4, 0.5) is 4.39 Å². The Morgan fingerprint density at radius 2 is 1.67 bits per heavy atom. The van der Waals surface area contributed by atoms with Gasteiger partial charge in [-0.05, 0) is 52.3 Å². The standard InChI is InChI=1S/C15H9BrFNO2S/c16-15-9-14(12-3-1-2-4-13(12)18-15)21(19,20)11-7-5-10(17)6-8-11/h1-9H. The van der Waals surface area contributed by atoms with Gasteiger partial charge >= 0.3 is 0 Å². The second-order valence-electron chi connectivity index (χ2n) is 4.42. The molecule has 0 atom stereocenters. The molecule has 3 rings (SSSR count). The number of benzene rings is 2. The summed E-state index contributed by atoms with van der Waals surface area (Å²) in [5.41, 5.74) is 0.576. The third-order valence-electron chi connectivity index (χ3n) is 3.06. The number of sulfone groups is 1. The summed E-state index contributed by atoms with van der Waals surface area (Å²) in [4.78, 5) is 4.44. The third kappa shape index (κ3) is 2.56. The maximum atomic E-state index is 13.0. The molecule has 0 radical (unpaired) electrons. The van der Waals surface area contributed by atoms with Crippen LogP contribution in [0, 0.1) is 5.82 Å². The molecular weight excluding hydrogens is 357 g/mol. The van der Waals surface area contributed by atoms with Crippen LogP contribution in [0.2, 0.25) is 0 Å². The summed E-state index contributed by atoms with van der Waals surface area (Å²) in [6, 6.07) is 13.2. The fourth-order valence-corrected chi connectivity index (χ4v) is 4.12. The highest BCUT2D eigenvalue weighted by Crippen LogP contribution is 2.29. The van der Waals surface area contributed by atoms with Gasteiger partial charge in [0.05, 0.1) is 15.3 Å². The molecule has 2 aromatic carbocycles. The molecule has 3 nitrogen and oxygen atoms in total. The van der Waals surface area contributed by atoms with Gasteiger partial charge in [0.15, 0.2) is 0 Å². The van der Waals surface area contributed by atoms with Gasteiger partial charge in [-0.15, -0.1) is 0 Å². The Hall–Kier alpha value is -1.79. The number of nitrogens with zero attached hydrogens (tertiary/aromatic N) is 1. The topological polar surface area (TPSA) is 47.0 Å². The van der Waals surface area contributed by atoms with E-state index in [1.165, 1.54) is 18.2 Å². The van der Waals surface area contributed by atoms with Crippen molar-refractivity contribution in [1.82, 2.24) is 4.98 Å². The number of para-hydroxylation sites is 1. The zero-order valence-corrected chi connectivity index (χ0v) is 13.0. The predicted octanol–water partition coefficient (Wildman–Crippen LogP) is 3.97. The number of hydrogen-bond acceptors (Lipinski definition) is 3. The molecule has 0 saturated carbocycles. The van der Waals surface area contributed by atoms with Gasteiger partial charge < -0.3 is 0 Å². The van der Waals surface area contributed by atoms with Crippen molar-refractivity contribution in [1.29, 1.82) is 0 Å². The summed E-state index contributed by atoms with van der Waals surface area (Å²) < 4.78 is 38.9. The number of rotatable bonds is 2. The third-order valence-corrected chi connectivity index (χ3v) is 5.28. The van der Waals surface area contributed by atoms with Crippen molar-refractivity contribution in [3.63, 3.8) is 0 Å². The van der Waals surface area contributed by atoms with Crippen LogP contribution in [0.25, 0.3) is 10.9 Å². The lowest BCUT2D eigenvalue weighted by Gasteiger charge is -2.08. The Morgan fingerprint density at radius 1 is 1.00 bits per heavy atom. The van der Waals surface area contributed by atoms with E-state index in [9.17, 15) is 12.8 Å². The summed E-state index contributed by atoms with van der Waals surface area (Å²) >= 11 is 3.22. The van der Waals surface area contributed by atoms with Gasteiger partial charge in [0.25, 0.3) is 0 Å². The van der Waals surface area contributed by atoms with Crippen molar-refractivity contribution in [2.75, 3.05) is 0 Å². The molecule has 0 spiro atoms. The quantitative estimate of drug-likeness (QED) is 0.509. The minimum Gasteiger partial charge on any atom is -0.241 e. The highest BCUT2D eigenvalue weighted by Gasteiger charge is 2.21. The molecule has 0 unspecified atom stereocenters. The van der Waals surface area contributed by atoms with Crippen molar-refractivity contribution in [2.24, 2.45) is 0 Å². The SMILES string of the molecule is O=S(=O)(c1ccc(F)cc1)c1cc(Br)nc2ccccc12. The second kappa shape index (κ2) is 5.20. The van der Waals surface area contributed by atoms with Crippen molar-refractivity contribution in [3.8, 4) is 0 Å². The van der Waals surface area contributed by atoms with E-state index in [1.807, 2.05) is 0 Å². The van der Waals surface area contributed by atoms with E-state index in [1.54, 1.807) is 24.3 Å². The molecule has 1 heterocycles. The average Bonchev–Trinajstić information content (AvgIpc) is 2.46. The molecule has 0 amide bonds. The van der Waals surface area contributed by atoms with Gasteiger partial charge in [0.1, 0.15) is 10.4 Å². The average molecular weight is 366 g/mol. The zero-order chi connectivity index (χ0) is 15.0. The number of fused-ring (bicyclic) bond motifs is 1. The van der Waals surface area contributed by atoms with Crippen LogP contribution in [0.15, 0.2) is 69.0 Å². The van der Waals surface area contributed by atoms with E-state index in [-0.39, 0.29) is 9.79 Å². The van der Waals surface area contributed by atoms with Crippen LogP contribution in [0.3, 0.4) is 0 Å². The fourth-order valence-electron chi connectivity index (χ4n) is 2.08. The smallest absolute Gasteiger partial charge is 0.207 e. The number of aromatic nitrogens is 1. The van der Waals surface area contributed by atoms with E-state index >= 15 is 0 Å². The highest BCUT2D eigenvalue weighted by atomic mass is 79.9. The Kier molecular flexibility index (Phi) is 3.51. The first-order valence-corrected chi connectivity index (χ1v) is 8.32. The van der Waals surface area contributed by atoms with Crippen LogP contribution >= 0.6 is 15.9 Å². The van der Waals surface area contributed by atoms with Crippen molar-refractivity contribution >= 4 is 36.7 Å². The molecular formula is C15H9BrFNO2S. The first-order valence-electron chi connectivity index (χ1n) is 6.04. The molecule has 3 aromatic rings. The molecule has 0 fully saturated rings. The highest BCUT2D eigenvalue weighted by molar-refractivity contribution is 9.10. The van der Waals surface area contributed by atoms with Crippen LogP contribution in [-0.2, 0) is 9.84 Å². The first kappa shape index (κ1) is 14.2. The molecule has 6 heteroatoms. The lowest BCUT2D eigenvalue weighted by atomic mass is 10.2. The lowest BCUT2D eigenvalue weighted by molar-refractivity contribution is 0.595. The predicted molar refractivity (Wildman–Crippen MR) is 81.3 cm³/mol. The van der Waals surface area contributed by atoms with Gasteiger partial charge in [-0.25, -0.2) is 17.8 Å². The largest absolute Gasteiger partial charge is 0.241 e. The summed E-state index contributed by atoms with van der Waals surface area (Å²) in [5.74, 6) is -0.477. The number of halogens is 2. The van der Waals surface area contributed by atoms with Crippen molar-refractivity contribution in [3.05, 3.63) is 65.0 Å². The van der Waals surface area contributed by atoms with Crippen LogP contribution in [0.1, 0.15) is 0 Å². The first-order chi connectivity index (χ1) is 9.98. The fraction of sp³-hybridized carbons (Fsp3) is 0. The van der Waals surface area contributed by atoms with Crippen LogP contribution < -0.4 is 0 Å². The molecule has 21 heavy (non-hydrogen) atoms. The number of hydrogen-bond donors (Lipinski definition) is 0. The van der Waals surface area contributed by atoms with Crippen LogP contribution in [0.5, 0.6) is 0 Å². The van der Waals surface area contributed by atoms with Crippen LogP contribution in [-0.4, -0.2) is 13.4 Å². The minimum atomic E-state index is -3.74. The Labute approximate surface area is 129 Å². The van der Waals surface area contributed by atoms with E-state index in [0.717, 1.165) is 12.1 Å². The Morgan fingerprint density at radius 3 is 2.38 bits per heavy atom. The van der Waals surface area contributed by atoms with Gasteiger partial charge in [-0.2, -0.15) is 0 Å². The van der Waals surface area contributed by atoms with Crippen molar-refractivity contribution < 1.29 is 12.8 Å². The van der Waals surface area contributed by atoms with E-state index in [0.29, 0.717) is 15.5 Å². The van der Waals surface area contributed by atoms with Crippen molar-refractivity contribution in [2.45, 2.75) is 9.79 Å². The zero-order valence-electron chi connectivity index (χ0n) is 10.6. The Bertz CT molecular complexity index is 924. The molecule has 0 aliphatic rings. The van der Waals surface area contributed by atoms with Gasteiger partial charge in [0.2, 0.25) is 9.84 Å².